The Labute approximate surface area is 121 Å². The Morgan fingerprint density at radius 2 is 2.05 bits per heavy atom. The van der Waals surface area contributed by atoms with E-state index in [-0.39, 0.29) is 11.9 Å². The van der Waals surface area contributed by atoms with Crippen LogP contribution in [0.25, 0.3) is 0 Å². The Hall–Kier alpha value is -1.62. The number of pyridine rings is 1. The van der Waals surface area contributed by atoms with E-state index in [2.05, 4.69) is 20.5 Å². The molecule has 0 saturated heterocycles. The number of rotatable bonds is 7. The molecule has 0 bridgehead atoms. The second kappa shape index (κ2) is 7.85. The van der Waals surface area contributed by atoms with E-state index >= 15 is 0 Å². The molecule has 1 unspecified atom stereocenters. The van der Waals surface area contributed by atoms with Crippen molar-refractivity contribution in [2.45, 2.75) is 33.2 Å². The van der Waals surface area contributed by atoms with Gasteiger partial charge in [-0.2, -0.15) is 0 Å². The highest BCUT2D eigenvalue weighted by Crippen LogP contribution is 2.11. The quantitative estimate of drug-likeness (QED) is 0.798. The lowest BCUT2D eigenvalue weighted by Gasteiger charge is -2.18. The van der Waals surface area contributed by atoms with Gasteiger partial charge >= 0.3 is 0 Å². The molecule has 1 aromatic rings. The number of hydrogen-bond acceptors (Lipinski definition) is 4. The summed E-state index contributed by atoms with van der Waals surface area (Å²) in [5, 5.41) is 6.18. The summed E-state index contributed by atoms with van der Waals surface area (Å²) in [6.07, 6.45) is 0.812. The van der Waals surface area contributed by atoms with Crippen LogP contribution in [0.2, 0.25) is 0 Å². The average Bonchev–Trinajstić information content (AvgIpc) is 2.37. The number of likely N-dealkylation sites (N-methyl/N-ethyl adjacent to an activating group) is 1. The summed E-state index contributed by atoms with van der Waals surface area (Å²) in [7, 11) is 3.99. The third-order valence-electron chi connectivity index (χ3n) is 2.88. The number of anilines is 1. The van der Waals surface area contributed by atoms with Crippen molar-refractivity contribution in [3.63, 3.8) is 0 Å². The summed E-state index contributed by atoms with van der Waals surface area (Å²) in [5.41, 5.74) is 1.59. The highest BCUT2D eigenvalue weighted by molar-refractivity contribution is 5.95. The van der Waals surface area contributed by atoms with Gasteiger partial charge in [0.25, 0.3) is 5.91 Å². The SMILES string of the molecule is CCNc1cc(C(=O)NC(C)CN(C)C)cc(CC)n1. The fourth-order valence-electron chi connectivity index (χ4n) is 2.07. The molecule has 20 heavy (non-hydrogen) atoms. The van der Waals surface area contributed by atoms with Gasteiger partial charge in [-0.05, 0) is 46.5 Å². The number of nitrogens with zero attached hydrogens (tertiary/aromatic N) is 2. The van der Waals surface area contributed by atoms with E-state index in [9.17, 15) is 4.79 Å². The van der Waals surface area contributed by atoms with Gasteiger partial charge < -0.3 is 15.5 Å². The molecule has 2 N–H and O–H groups in total. The molecule has 0 aliphatic rings. The second-order valence-electron chi connectivity index (χ2n) is 5.25. The van der Waals surface area contributed by atoms with Crippen molar-refractivity contribution >= 4 is 11.7 Å². The van der Waals surface area contributed by atoms with Gasteiger partial charge in [0.15, 0.2) is 0 Å². The topological polar surface area (TPSA) is 57.3 Å². The van der Waals surface area contributed by atoms with Crippen LogP contribution in [-0.2, 0) is 6.42 Å². The van der Waals surface area contributed by atoms with Crippen LogP contribution in [0.3, 0.4) is 0 Å². The molecule has 5 heteroatoms. The normalized spacial score (nSPS) is 12.3. The van der Waals surface area contributed by atoms with Gasteiger partial charge in [-0.25, -0.2) is 4.98 Å². The van der Waals surface area contributed by atoms with Crippen LogP contribution < -0.4 is 10.6 Å². The van der Waals surface area contributed by atoms with Crippen LogP contribution in [0.15, 0.2) is 12.1 Å². The second-order valence-corrected chi connectivity index (χ2v) is 5.25. The Morgan fingerprint density at radius 3 is 2.60 bits per heavy atom. The predicted octanol–water partition coefficient (Wildman–Crippen LogP) is 1.76. The minimum atomic E-state index is -0.0457. The number of carbonyl (C=O) groups is 1. The third-order valence-corrected chi connectivity index (χ3v) is 2.88. The van der Waals surface area contributed by atoms with Crippen molar-refractivity contribution < 1.29 is 4.79 Å². The third kappa shape index (κ3) is 5.17. The van der Waals surface area contributed by atoms with Crippen LogP contribution in [0.4, 0.5) is 5.82 Å². The van der Waals surface area contributed by atoms with E-state index < -0.39 is 0 Å². The van der Waals surface area contributed by atoms with Crippen molar-refractivity contribution in [3.8, 4) is 0 Å². The number of amides is 1. The summed E-state index contributed by atoms with van der Waals surface area (Å²) in [6.45, 7) is 7.66. The molecule has 1 amide bonds. The lowest BCUT2D eigenvalue weighted by atomic mass is 10.1. The van der Waals surface area contributed by atoms with Crippen molar-refractivity contribution in [1.29, 1.82) is 0 Å². The summed E-state index contributed by atoms with van der Waals surface area (Å²) in [4.78, 5) is 18.8. The number of aryl methyl sites for hydroxylation is 1. The summed E-state index contributed by atoms with van der Waals surface area (Å²) in [5.74, 6) is 0.716. The molecule has 5 nitrogen and oxygen atoms in total. The van der Waals surface area contributed by atoms with Gasteiger partial charge in [0, 0.05) is 30.4 Å². The zero-order valence-corrected chi connectivity index (χ0v) is 13.2. The highest BCUT2D eigenvalue weighted by atomic mass is 16.1. The average molecular weight is 278 g/mol. The molecule has 112 valence electrons. The molecule has 1 heterocycles. The van der Waals surface area contributed by atoms with Crippen LogP contribution in [0.1, 0.15) is 36.8 Å². The first-order chi connectivity index (χ1) is 9.46. The maximum atomic E-state index is 12.3. The van der Waals surface area contributed by atoms with E-state index in [1.54, 1.807) is 6.07 Å². The molecule has 0 fully saturated rings. The minimum Gasteiger partial charge on any atom is -0.370 e. The smallest absolute Gasteiger partial charge is 0.251 e. The van der Waals surface area contributed by atoms with Crippen molar-refractivity contribution in [2.24, 2.45) is 0 Å². The van der Waals surface area contributed by atoms with Gasteiger partial charge in [0.2, 0.25) is 0 Å². The standard InChI is InChI=1S/C15H26N4O/c1-6-13-8-12(9-14(18-13)16-7-2)15(20)17-11(3)10-19(4)5/h8-9,11H,6-7,10H2,1-5H3,(H,16,18)(H,17,20). The Morgan fingerprint density at radius 1 is 1.35 bits per heavy atom. The molecule has 1 rings (SSSR count). The van der Waals surface area contributed by atoms with Gasteiger partial charge in [-0.3, -0.25) is 4.79 Å². The molecular weight excluding hydrogens is 252 g/mol. The molecule has 0 aliphatic carbocycles. The van der Waals surface area contributed by atoms with E-state index in [0.717, 1.165) is 31.0 Å². The van der Waals surface area contributed by atoms with Gasteiger partial charge in [-0.1, -0.05) is 6.92 Å². The lowest BCUT2D eigenvalue weighted by molar-refractivity contribution is 0.0934. The molecular formula is C15H26N4O. The monoisotopic (exact) mass is 278 g/mol. The first-order valence-electron chi connectivity index (χ1n) is 7.16. The Balaban J connectivity index is 2.83. The van der Waals surface area contributed by atoms with E-state index in [1.165, 1.54) is 0 Å². The molecule has 0 radical (unpaired) electrons. The van der Waals surface area contributed by atoms with Crippen molar-refractivity contribution in [2.75, 3.05) is 32.5 Å². The van der Waals surface area contributed by atoms with E-state index in [1.807, 2.05) is 40.9 Å². The van der Waals surface area contributed by atoms with Gasteiger partial charge in [0.05, 0.1) is 0 Å². The van der Waals surface area contributed by atoms with E-state index in [0.29, 0.717) is 5.56 Å². The van der Waals surface area contributed by atoms with Crippen LogP contribution >= 0.6 is 0 Å². The lowest BCUT2D eigenvalue weighted by Crippen LogP contribution is -2.39. The highest BCUT2D eigenvalue weighted by Gasteiger charge is 2.12. The van der Waals surface area contributed by atoms with Crippen LogP contribution in [-0.4, -0.2) is 49.0 Å². The summed E-state index contributed by atoms with van der Waals surface area (Å²) < 4.78 is 0. The van der Waals surface area contributed by atoms with Crippen LogP contribution in [0, 0.1) is 0 Å². The predicted molar refractivity (Wildman–Crippen MR) is 83.3 cm³/mol. The first kappa shape index (κ1) is 16.4. The first-order valence-corrected chi connectivity index (χ1v) is 7.16. The molecule has 0 saturated carbocycles. The van der Waals surface area contributed by atoms with Crippen molar-refractivity contribution in [3.05, 3.63) is 23.4 Å². The molecule has 0 spiro atoms. The molecule has 0 aliphatic heterocycles. The van der Waals surface area contributed by atoms with E-state index in [4.69, 9.17) is 0 Å². The fraction of sp³-hybridized carbons (Fsp3) is 0.600. The fourth-order valence-corrected chi connectivity index (χ4v) is 2.07. The maximum Gasteiger partial charge on any atom is 0.251 e. The van der Waals surface area contributed by atoms with Crippen LogP contribution in [0.5, 0.6) is 0 Å². The summed E-state index contributed by atoms with van der Waals surface area (Å²) in [6, 6.07) is 3.78. The number of aromatic nitrogens is 1. The molecule has 1 atom stereocenters. The number of hydrogen-bond donors (Lipinski definition) is 2. The minimum absolute atomic E-state index is 0.0457. The number of nitrogens with one attached hydrogen (secondary N) is 2. The maximum absolute atomic E-state index is 12.3. The largest absolute Gasteiger partial charge is 0.370 e. The molecule has 0 aromatic carbocycles. The summed E-state index contributed by atoms with van der Waals surface area (Å²) >= 11 is 0. The Kier molecular flexibility index (Phi) is 6.45. The zero-order valence-electron chi connectivity index (χ0n) is 13.2. The Bertz CT molecular complexity index is 445. The zero-order chi connectivity index (χ0) is 15.1. The van der Waals surface area contributed by atoms with Crippen molar-refractivity contribution in [1.82, 2.24) is 15.2 Å². The number of carbonyl (C=O) groups excluding carboxylic acids is 1. The van der Waals surface area contributed by atoms with Gasteiger partial charge in [-0.15, -0.1) is 0 Å². The molecule has 1 aromatic heterocycles. The van der Waals surface area contributed by atoms with Gasteiger partial charge in [0.1, 0.15) is 5.82 Å².